The van der Waals surface area contributed by atoms with Crippen LogP contribution in [0.4, 0.5) is 0 Å². The molecule has 0 saturated heterocycles. The van der Waals surface area contributed by atoms with Gasteiger partial charge in [-0.15, -0.1) is 6.58 Å². The second-order valence-corrected chi connectivity index (χ2v) is 7.54. The molecule has 0 nitrogen and oxygen atoms in total. The van der Waals surface area contributed by atoms with Crippen molar-refractivity contribution in [2.24, 2.45) is 5.41 Å². The first kappa shape index (κ1) is 19.2. The van der Waals surface area contributed by atoms with Crippen molar-refractivity contribution in [3.63, 3.8) is 0 Å². The summed E-state index contributed by atoms with van der Waals surface area (Å²) in [5, 5.41) is 0. The van der Waals surface area contributed by atoms with Crippen molar-refractivity contribution in [3.8, 4) is 0 Å². The molecule has 0 fully saturated rings. The van der Waals surface area contributed by atoms with Crippen molar-refractivity contribution in [2.75, 3.05) is 0 Å². The molecule has 0 aromatic carbocycles. The summed E-state index contributed by atoms with van der Waals surface area (Å²) in [6.45, 7) is 16.3. The number of hydrogen-bond acceptors (Lipinski definition) is 0. The lowest BCUT2D eigenvalue weighted by molar-refractivity contribution is 0.442. The van der Waals surface area contributed by atoms with Crippen LogP contribution in [0.3, 0.4) is 0 Å². The molecule has 0 heterocycles. The number of allylic oxidation sites excluding steroid dienone is 6. The van der Waals surface area contributed by atoms with Crippen molar-refractivity contribution < 1.29 is 0 Å². The molecule has 0 N–H and O–H groups in total. The molecule has 0 aromatic heterocycles. The van der Waals surface area contributed by atoms with Gasteiger partial charge >= 0.3 is 0 Å². The molecule has 2 heteroatoms. The molecule has 19 heavy (non-hydrogen) atoms. The summed E-state index contributed by atoms with van der Waals surface area (Å²) in [5.74, 6) is 0. The van der Waals surface area contributed by atoms with Crippen molar-refractivity contribution in [3.05, 3.63) is 59.3 Å². The van der Waals surface area contributed by atoms with Gasteiger partial charge in [0.25, 0.3) is 0 Å². The summed E-state index contributed by atoms with van der Waals surface area (Å²) in [5.41, 5.74) is 2.67. The zero-order chi connectivity index (χ0) is 14.9. The lowest BCUT2D eigenvalue weighted by Gasteiger charge is -2.28. The molecule has 0 saturated carbocycles. The minimum absolute atomic E-state index is 0.151. The SMILES string of the molecule is C=CCC(I)/C=C(\CC(=C)C=C)C(C)(C)C/C=C/I. The summed E-state index contributed by atoms with van der Waals surface area (Å²) in [6, 6.07) is 0. The predicted molar refractivity (Wildman–Crippen MR) is 106 cm³/mol. The van der Waals surface area contributed by atoms with E-state index in [0.717, 1.165) is 24.8 Å². The van der Waals surface area contributed by atoms with Crippen LogP contribution in [0.25, 0.3) is 0 Å². The van der Waals surface area contributed by atoms with Gasteiger partial charge in [-0.2, -0.15) is 0 Å². The Hall–Kier alpha value is 0.160. The second-order valence-electron chi connectivity index (χ2n) is 5.22. The van der Waals surface area contributed by atoms with Crippen LogP contribution in [0, 0.1) is 5.41 Å². The predicted octanol–water partition coefficient (Wildman–Crippen LogP) is 6.79. The van der Waals surface area contributed by atoms with E-state index in [-0.39, 0.29) is 5.41 Å². The van der Waals surface area contributed by atoms with Gasteiger partial charge in [-0.25, -0.2) is 0 Å². The largest absolute Gasteiger partial charge is 0.103 e. The molecule has 1 atom stereocenters. The van der Waals surface area contributed by atoms with Crippen molar-refractivity contribution in [1.82, 2.24) is 0 Å². The van der Waals surface area contributed by atoms with Gasteiger partial charge in [-0.3, -0.25) is 0 Å². The Morgan fingerprint density at radius 1 is 1.32 bits per heavy atom. The summed E-state index contributed by atoms with van der Waals surface area (Å²) >= 11 is 4.74. The number of alkyl halides is 1. The normalized spacial score (nSPS) is 14.4. The van der Waals surface area contributed by atoms with Crippen LogP contribution in [0.1, 0.15) is 33.1 Å². The maximum absolute atomic E-state index is 4.06. The summed E-state index contributed by atoms with van der Waals surface area (Å²) in [6.07, 6.45) is 11.4. The topological polar surface area (TPSA) is 0 Å². The third-order valence-electron chi connectivity index (χ3n) is 3.07. The van der Waals surface area contributed by atoms with E-state index in [1.54, 1.807) is 0 Å². The van der Waals surface area contributed by atoms with E-state index >= 15 is 0 Å². The van der Waals surface area contributed by atoms with Crippen LogP contribution in [0.2, 0.25) is 0 Å². The lowest BCUT2D eigenvalue weighted by atomic mass is 9.77. The quantitative estimate of drug-likeness (QED) is 0.147. The molecule has 0 aliphatic heterocycles. The Labute approximate surface area is 146 Å². The third kappa shape index (κ3) is 8.12. The monoisotopic (exact) mass is 482 g/mol. The minimum Gasteiger partial charge on any atom is -0.103 e. The number of halogens is 2. The van der Waals surface area contributed by atoms with E-state index in [4.69, 9.17) is 0 Å². The average molecular weight is 482 g/mol. The van der Waals surface area contributed by atoms with Gasteiger partial charge in [0.05, 0.1) is 0 Å². The Kier molecular flexibility index (Phi) is 10.1. The van der Waals surface area contributed by atoms with E-state index in [1.165, 1.54) is 5.57 Å². The second kappa shape index (κ2) is 9.97. The first-order chi connectivity index (χ1) is 8.87. The molecule has 0 aliphatic rings. The molecule has 1 unspecified atom stereocenters. The van der Waals surface area contributed by atoms with Gasteiger partial charge in [0, 0.05) is 3.92 Å². The minimum atomic E-state index is 0.151. The smallest absolute Gasteiger partial charge is 0.0326 e. The zero-order valence-corrected chi connectivity index (χ0v) is 16.3. The van der Waals surface area contributed by atoms with Crippen molar-refractivity contribution >= 4 is 45.2 Å². The maximum atomic E-state index is 4.06. The van der Waals surface area contributed by atoms with Crippen molar-refractivity contribution in [2.45, 2.75) is 37.0 Å². The van der Waals surface area contributed by atoms with Gasteiger partial charge in [-0.05, 0) is 28.8 Å². The fourth-order valence-electron chi connectivity index (χ4n) is 1.76. The van der Waals surface area contributed by atoms with Crippen LogP contribution in [0.15, 0.2) is 59.3 Å². The molecular formula is C17H24I2. The molecular weight excluding hydrogens is 458 g/mol. The highest BCUT2D eigenvalue weighted by Gasteiger charge is 2.22. The Morgan fingerprint density at radius 3 is 2.42 bits per heavy atom. The summed E-state index contributed by atoms with van der Waals surface area (Å²) in [4.78, 5) is 0. The van der Waals surface area contributed by atoms with E-state index in [1.807, 2.05) is 12.2 Å². The van der Waals surface area contributed by atoms with Crippen LogP contribution >= 0.6 is 45.2 Å². The Balaban J connectivity index is 5.18. The molecule has 0 bridgehead atoms. The summed E-state index contributed by atoms with van der Waals surface area (Å²) in [7, 11) is 0. The highest BCUT2D eigenvalue weighted by Crippen LogP contribution is 2.36. The Morgan fingerprint density at radius 2 is 1.95 bits per heavy atom. The molecule has 0 aromatic rings. The van der Waals surface area contributed by atoms with Gasteiger partial charge in [0.15, 0.2) is 0 Å². The molecule has 0 amide bonds. The van der Waals surface area contributed by atoms with Crippen LogP contribution in [-0.2, 0) is 0 Å². The average Bonchev–Trinajstić information content (AvgIpc) is 2.35. The molecule has 0 aliphatic carbocycles. The van der Waals surface area contributed by atoms with Crippen molar-refractivity contribution in [1.29, 1.82) is 0 Å². The highest BCUT2D eigenvalue weighted by molar-refractivity contribution is 14.1. The van der Waals surface area contributed by atoms with Gasteiger partial charge in [-0.1, -0.05) is 108 Å². The van der Waals surface area contributed by atoms with Gasteiger partial charge < -0.3 is 0 Å². The van der Waals surface area contributed by atoms with Crippen LogP contribution < -0.4 is 0 Å². The van der Waals surface area contributed by atoms with E-state index in [0.29, 0.717) is 3.92 Å². The first-order valence-corrected chi connectivity index (χ1v) is 8.88. The highest BCUT2D eigenvalue weighted by atomic mass is 127. The number of rotatable bonds is 9. The fourth-order valence-corrected chi connectivity index (χ4v) is 2.80. The molecule has 106 valence electrons. The fraction of sp³-hybridized carbons (Fsp3) is 0.412. The van der Waals surface area contributed by atoms with E-state index < -0.39 is 0 Å². The maximum Gasteiger partial charge on any atom is 0.0326 e. The lowest BCUT2D eigenvalue weighted by Crippen LogP contribution is -2.16. The third-order valence-corrected chi connectivity index (χ3v) is 4.44. The van der Waals surface area contributed by atoms with Gasteiger partial charge in [0.1, 0.15) is 0 Å². The summed E-state index contributed by atoms with van der Waals surface area (Å²) < 4.78 is 2.58. The molecule has 0 spiro atoms. The number of hydrogen-bond donors (Lipinski definition) is 0. The van der Waals surface area contributed by atoms with E-state index in [9.17, 15) is 0 Å². The van der Waals surface area contributed by atoms with Crippen LogP contribution in [-0.4, -0.2) is 3.92 Å². The first-order valence-electron chi connectivity index (χ1n) is 6.39. The van der Waals surface area contributed by atoms with E-state index in [2.05, 4.69) is 95.0 Å². The van der Waals surface area contributed by atoms with Crippen LogP contribution in [0.5, 0.6) is 0 Å². The standard InChI is InChI=1S/C17H24I2/c1-6-9-16(19)13-15(12-14(3)7-2)17(4,5)10-8-11-18/h6-8,11,13,16H,1-3,9-10,12H2,4-5H3/b11-8+,15-13+. The zero-order valence-electron chi connectivity index (χ0n) is 12.0. The molecule has 0 radical (unpaired) electrons. The Bertz CT molecular complexity index is 373. The van der Waals surface area contributed by atoms with Gasteiger partial charge in [0.2, 0.25) is 0 Å². The molecule has 0 rings (SSSR count).